The summed E-state index contributed by atoms with van der Waals surface area (Å²) >= 11 is 0. The van der Waals surface area contributed by atoms with Crippen molar-refractivity contribution in [2.45, 2.75) is 26.1 Å². The summed E-state index contributed by atoms with van der Waals surface area (Å²) in [5.41, 5.74) is 11.0. The van der Waals surface area contributed by atoms with Gasteiger partial charge < -0.3 is 5.73 Å². The van der Waals surface area contributed by atoms with E-state index in [0.29, 0.717) is 0 Å². The van der Waals surface area contributed by atoms with E-state index in [-0.39, 0.29) is 12.2 Å². The number of hydrogen-bond acceptors (Lipinski definition) is 2. The van der Waals surface area contributed by atoms with E-state index in [2.05, 4.69) is 43.1 Å². The minimum absolute atomic E-state index is 0.00452. The van der Waals surface area contributed by atoms with Crippen LogP contribution in [0.25, 0.3) is 0 Å². The third-order valence-corrected chi connectivity index (χ3v) is 4.19. The van der Waals surface area contributed by atoms with Crippen molar-refractivity contribution in [3.63, 3.8) is 0 Å². The number of nitrogens with one attached hydrogen (secondary N) is 1. The van der Waals surface area contributed by atoms with Crippen molar-refractivity contribution in [3.8, 4) is 0 Å². The zero-order chi connectivity index (χ0) is 18.8. The Bertz CT molecular complexity index is 770. The lowest BCUT2D eigenvalue weighted by molar-refractivity contribution is 0.507. The summed E-state index contributed by atoms with van der Waals surface area (Å²) in [4.78, 5) is 0. The summed E-state index contributed by atoms with van der Waals surface area (Å²) in [5.74, 6) is 0. The van der Waals surface area contributed by atoms with Gasteiger partial charge in [-0.15, -0.1) is 0 Å². The Balaban J connectivity index is 2.34. The van der Waals surface area contributed by atoms with Crippen LogP contribution in [0.15, 0.2) is 109 Å². The van der Waals surface area contributed by atoms with Crippen LogP contribution in [0.2, 0.25) is 0 Å². The highest BCUT2D eigenvalue weighted by molar-refractivity contribution is 5.42. The molecule has 2 aromatic rings. The first-order valence-electron chi connectivity index (χ1n) is 8.91. The molecule has 2 nitrogen and oxygen atoms in total. The Morgan fingerprint density at radius 2 is 1.58 bits per heavy atom. The standard InChI is InChI=1S/C24H28N2/c1-4-12-20(13-5-2)19(3)18-23(21-14-8-6-9-15-21)26-24(25)22-16-10-7-11-17-22/h4-18,23-24,26H,1,25H2,2-3H3/b13-5-,19-18+,20-12+. The maximum atomic E-state index is 6.42. The molecular weight excluding hydrogens is 316 g/mol. The van der Waals surface area contributed by atoms with Crippen LogP contribution < -0.4 is 11.1 Å². The molecule has 0 bridgehead atoms. The van der Waals surface area contributed by atoms with Crippen molar-refractivity contribution in [1.29, 1.82) is 0 Å². The third-order valence-electron chi connectivity index (χ3n) is 4.19. The maximum absolute atomic E-state index is 6.42. The predicted octanol–water partition coefficient (Wildman–Crippen LogP) is 5.61. The molecular formula is C24H28N2. The number of rotatable bonds is 8. The van der Waals surface area contributed by atoms with Gasteiger partial charge in [0.05, 0.1) is 12.2 Å². The molecule has 2 atom stereocenters. The largest absolute Gasteiger partial charge is 0.312 e. The predicted molar refractivity (Wildman–Crippen MR) is 113 cm³/mol. The van der Waals surface area contributed by atoms with Gasteiger partial charge in [-0.1, -0.05) is 97.6 Å². The fraction of sp³-hybridized carbons (Fsp3) is 0.167. The molecule has 0 saturated heterocycles. The Kier molecular flexibility index (Phi) is 7.81. The number of benzene rings is 2. The summed E-state index contributed by atoms with van der Waals surface area (Å²) in [5, 5.41) is 3.54. The molecule has 134 valence electrons. The minimum atomic E-state index is -0.251. The number of nitrogens with two attached hydrogens (primary N) is 1. The Hall–Kier alpha value is -2.68. The molecule has 0 aliphatic rings. The molecule has 3 N–H and O–H groups in total. The molecule has 2 rings (SSSR count). The molecule has 0 radical (unpaired) electrons. The van der Waals surface area contributed by atoms with Gasteiger partial charge in [-0.3, -0.25) is 5.32 Å². The van der Waals surface area contributed by atoms with E-state index in [0.717, 1.165) is 11.1 Å². The van der Waals surface area contributed by atoms with Gasteiger partial charge in [-0.2, -0.15) is 0 Å². The van der Waals surface area contributed by atoms with Crippen LogP contribution >= 0.6 is 0 Å². The molecule has 2 aromatic carbocycles. The molecule has 0 aromatic heterocycles. The quantitative estimate of drug-likeness (QED) is 0.482. The lowest BCUT2D eigenvalue weighted by Gasteiger charge is -2.22. The summed E-state index contributed by atoms with van der Waals surface area (Å²) in [6.07, 6.45) is 9.92. The van der Waals surface area contributed by atoms with Gasteiger partial charge in [0.15, 0.2) is 0 Å². The van der Waals surface area contributed by atoms with Crippen LogP contribution in [0.1, 0.15) is 37.2 Å². The van der Waals surface area contributed by atoms with Gasteiger partial charge in [0.2, 0.25) is 0 Å². The van der Waals surface area contributed by atoms with Crippen LogP contribution in [0.3, 0.4) is 0 Å². The monoisotopic (exact) mass is 344 g/mol. The van der Waals surface area contributed by atoms with Gasteiger partial charge in [-0.25, -0.2) is 0 Å². The second-order valence-corrected chi connectivity index (χ2v) is 6.15. The van der Waals surface area contributed by atoms with Gasteiger partial charge in [0.1, 0.15) is 0 Å². The van der Waals surface area contributed by atoms with E-state index in [1.807, 2.05) is 73.7 Å². The van der Waals surface area contributed by atoms with Crippen molar-refractivity contribution in [3.05, 3.63) is 120 Å². The summed E-state index contributed by atoms with van der Waals surface area (Å²) < 4.78 is 0. The first-order valence-corrected chi connectivity index (χ1v) is 8.91. The highest BCUT2D eigenvalue weighted by Crippen LogP contribution is 2.22. The average molecular weight is 345 g/mol. The second-order valence-electron chi connectivity index (χ2n) is 6.15. The van der Waals surface area contributed by atoms with E-state index >= 15 is 0 Å². The van der Waals surface area contributed by atoms with E-state index in [1.54, 1.807) is 0 Å². The van der Waals surface area contributed by atoms with Crippen LogP contribution in [0, 0.1) is 0 Å². The highest BCUT2D eigenvalue weighted by atomic mass is 15.0. The van der Waals surface area contributed by atoms with Gasteiger partial charge in [0, 0.05) is 0 Å². The second kappa shape index (κ2) is 10.3. The molecule has 0 aliphatic heterocycles. The summed E-state index contributed by atoms with van der Waals surface area (Å²) in [6, 6.07) is 20.5. The minimum Gasteiger partial charge on any atom is -0.312 e. The van der Waals surface area contributed by atoms with Crippen LogP contribution in [0.5, 0.6) is 0 Å². The summed E-state index contributed by atoms with van der Waals surface area (Å²) in [6.45, 7) is 7.95. The Morgan fingerprint density at radius 3 is 2.12 bits per heavy atom. The lowest BCUT2D eigenvalue weighted by atomic mass is 9.99. The molecule has 0 fully saturated rings. The van der Waals surface area contributed by atoms with Gasteiger partial charge >= 0.3 is 0 Å². The lowest BCUT2D eigenvalue weighted by Crippen LogP contribution is -2.31. The van der Waals surface area contributed by atoms with Crippen molar-refractivity contribution < 1.29 is 0 Å². The maximum Gasteiger partial charge on any atom is 0.0817 e. The van der Waals surface area contributed by atoms with Gasteiger partial charge in [-0.05, 0) is 36.1 Å². The van der Waals surface area contributed by atoms with E-state index in [9.17, 15) is 0 Å². The third kappa shape index (κ3) is 5.69. The van der Waals surface area contributed by atoms with Crippen LogP contribution in [0.4, 0.5) is 0 Å². The first-order chi connectivity index (χ1) is 12.7. The molecule has 0 spiro atoms. The summed E-state index contributed by atoms with van der Waals surface area (Å²) in [7, 11) is 0. The first kappa shape index (κ1) is 19.6. The fourth-order valence-electron chi connectivity index (χ4n) is 2.82. The van der Waals surface area contributed by atoms with Crippen molar-refractivity contribution in [2.75, 3.05) is 0 Å². The van der Waals surface area contributed by atoms with Crippen molar-refractivity contribution in [2.24, 2.45) is 5.73 Å². The highest BCUT2D eigenvalue weighted by Gasteiger charge is 2.14. The number of hydrogen-bond donors (Lipinski definition) is 2. The smallest absolute Gasteiger partial charge is 0.0817 e. The molecule has 2 heteroatoms. The van der Waals surface area contributed by atoms with E-state index in [1.165, 1.54) is 11.1 Å². The molecule has 0 amide bonds. The SMILES string of the molecule is C=C/C=C(\C=C/C)C(/C)=C/C(NC(N)c1ccccc1)c1ccccc1. The Morgan fingerprint density at radius 1 is 1.00 bits per heavy atom. The van der Waals surface area contributed by atoms with Crippen molar-refractivity contribution >= 4 is 0 Å². The normalized spacial score (nSPS) is 15.0. The molecule has 0 saturated carbocycles. The van der Waals surface area contributed by atoms with E-state index in [4.69, 9.17) is 5.73 Å². The van der Waals surface area contributed by atoms with Crippen molar-refractivity contribution in [1.82, 2.24) is 5.32 Å². The zero-order valence-corrected chi connectivity index (χ0v) is 15.6. The van der Waals surface area contributed by atoms with Gasteiger partial charge in [0.25, 0.3) is 0 Å². The molecule has 0 heterocycles. The number of allylic oxidation sites excluding steroid dienone is 6. The zero-order valence-electron chi connectivity index (χ0n) is 15.6. The fourth-order valence-corrected chi connectivity index (χ4v) is 2.82. The van der Waals surface area contributed by atoms with E-state index < -0.39 is 0 Å². The van der Waals surface area contributed by atoms with Crippen LogP contribution in [-0.4, -0.2) is 0 Å². The Labute approximate surface area is 157 Å². The van der Waals surface area contributed by atoms with Crippen LogP contribution in [-0.2, 0) is 0 Å². The average Bonchev–Trinajstić information content (AvgIpc) is 2.68. The molecule has 0 aliphatic carbocycles. The topological polar surface area (TPSA) is 38.0 Å². The molecule has 26 heavy (non-hydrogen) atoms. The molecule has 2 unspecified atom stereocenters.